The van der Waals surface area contributed by atoms with E-state index in [-0.39, 0.29) is 23.3 Å². The standard InChI is InChI=1S/C11H12N2O4S/c14-8-2-1-6(5-12-8)9(15)13-10-7(11(16)17)3-4-18-10/h3-4,6H,1-2,5H2,(H,12,14)(H,13,15)(H,16,17). The average molecular weight is 268 g/mol. The monoisotopic (exact) mass is 268 g/mol. The maximum Gasteiger partial charge on any atom is 0.338 e. The van der Waals surface area contributed by atoms with Crippen LogP contribution in [0.4, 0.5) is 5.00 Å². The Morgan fingerprint density at radius 3 is 2.89 bits per heavy atom. The molecule has 1 aromatic rings. The highest BCUT2D eigenvalue weighted by Gasteiger charge is 2.25. The van der Waals surface area contributed by atoms with Crippen LogP contribution in [0.25, 0.3) is 0 Å². The second kappa shape index (κ2) is 5.18. The van der Waals surface area contributed by atoms with Gasteiger partial charge in [-0.25, -0.2) is 4.79 Å². The number of hydrogen-bond donors (Lipinski definition) is 3. The number of carboxylic acid groups (broad SMARTS) is 1. The molecule has 1 saturated heterocycles. The Morgan fingerprint density at radius 1 is 1.50 bits per heavy atom. The number of hydrogen-bond acceptors (Lipinski definition) is 4. The van der Waals surface area contributed by atoms with Gasteiger partial charge in [-0.15, -0.1) is 11.3 Å². The molecule has 1 fully saturated rings. The molecule has 0 radical (unpaired) electrons. The van der Waals surface area contributed by atoms with Crippen LogP contribution in [0.5, 0.6) is 0 Å². The van der Waals surface area contributed by atoms with Crippen LogP contribution in [0.2, 0.25) is 0 Å². The fourth-order valence-electron chi connectivity index (χ4n) is 1.75. The SMILES string of the molecule is O=C1CCC(C(=O)Nc2sccc2C(=O)O)CN1. The second-order valence-corrected chi connectivity index (χ2v) is 4.91. The number of nitrogens with one attached hydrogen (secondary N) is 2. The molecule has 1 aromatic heterocycles. The van der Waals surface area contributed by atoms with Gasteiger partial charge in [-0.2, -0.15) is 0 Å². The Bertz CT molecular complexity index is 487. The number of carboxylic acids is 1. The summed E-state index contributed by atoms with van der Waals surface area (Å²) in [6, 6.07) is 1.45. The van der Waals surface area contributed by atoms with Gasteiger partial charge in [0.15, 0.2) is 0 Å². The maximum atomic E-state index is 11.9. The molecular weight excluding hydrogens is 256 g/mol. The number of anilines is 1. The van der Waals surface area contributed by atoms with Gasteiger partial charge in [0.25, 0.3) is 0 Å². The normalized spacial score (nSPS) is 19.1. The van der Waals surface area contributed by atoms with Gasteiger partial charge in [0.1, 0.15) is 5.00 Å². The van der Waals surface area contributed by atoms with E-state index in [1.165, 1.54) is 17.4 Å². The second-order valence-electron chi connectivity index (χ2n) is 4.00. The highest BCUT2D eigenvalue weighted by Crippen LogP contribution is 2.24. The van der Waals surface area contributed by atoms with Crippen molar-refractivity contribution in [3.63, 3.8) is 0 Å². The Balaban J connectivity index is 2.00. The zero-order chi connectivity index (χ0) is 13.1. The molecule has 96 valence electrons. The number of piperidine rings is 1. The van der Waals surface area contributed by atoms with Gasteiger partial charge in [-0.1, -0.05) is 0 Å². The molecule has 0 aliphatic carbocycles. The van der Waals surface area contributed by atoms with Crippen molar-refractivity contribution in [2.24, 2.45) is 5.92 Å². The van der Waals surface area contributed by atoms with Crippen molar-refractivity contribution >= 4 is 34.1 Å². The Kier molecular flexibility index (Phi) is 3.61. The number of thiophene rings is 1. The van der Waals surface area contributed by atoms with Crippen molar-refractivity contribution in [3.8, 4) is 0 Å². The molecular formula is C11H12N2O4S. The minimum Gasteiger partial charge on any atom is -0.478 e. The lowest BCUT2D eigenvalue weighted by Crippen LogP contribution is -2.40. The highest BCUT2D eigenvalue weighted by atomic mass is 32.1. The predicted octanol–water partition coefficient (Wildman–Crippen LogP) is 0.911. The molecule has 0 spiro atoms. The topological polar surface area (TPSA) is 95.5 Å². The van der Waals surface area contributed by atoms with Gasteiger partial charge in [0.2, 0.25) is 11.8 Å². The van der Waals surface area contributed by atoms with E-state index >= 15 is 0 Å². The van der Waals surface area contributed by atoms with E-state index in [0.717, 1.165) is 0 Å². The summed E-state index contributed by atoms with van der Waals surface area (Å²) >= 11 is 1.17. The molecule has 0 bridgehead atoms. The number of aromatic carboxylic acids is 1. The van der Waals surface area contributed by atoms with Crippen molar-refractivity contribution in [1.82, 2.24) is 5.32 Å². The minimum atomic E-state index is -1.07. The summed E-state index contributed by atoms with van der Waals surface area (Å²) in [6.45, 7) is 0.304. The van der Waals surface area contributed by atoms with Crippen molar-refractivity contribution in [2.75, 3.05) is 11.9 Å². The average Bonchev–Trinajstić information content (AvgIpc) is 2.78. The number of carbonyl (C=O) groups is 3. The first-order valence-corrected chi connectivity index (χ1v) is 6.34. The molecule has 6 nitrogen and oxygen atoms in total. The summed E-state index contributed by atoms with van der Waals surface area (Å²) in [5.74, 6) is -1.67. The molecule has 7 heteroatoms. The van der Waals surface area contributed by atoms with Gasteiger partial charge in [-0.3, -0.25) is 9.59 Å². The van der Waals surface area contributed by atoms with Crippen molar-refractivity contribution < 1.29 is 19.5 Å². The Hall–Kier alpha value is -1.89. The fraction of sp³-hybridized carbons (Fsp3) is 0.364. The number of carbonyl (C=O) groups excluding carboxylic acids is 2. The zero-order valence-electron chi connectivity index (χ0n) is 9.43. The Morgan fingerprint density at radius 2 is 2.28 bits per heavy atom. The van der Waals surface area contributed by atoms with Crippen LogP contribution in [-0.4, -0.2) is 29.4 Å². The van der Waals surface area contributed by atoms with Gasteiger partial charge in [0.05, 0.1) is 11.5 Å². The highest BCUT2D eigenvalue weighted by molar-refractivity contribution is 7.14. The first-order valence-electron chi connectivity index (χ1n) is 5.46. The van der Waals surface area contributed by atoms with Crippen LogP contribution < -0.4 is 10.6 Å². The van der Waals surface area contributed by atoms with E-state index in [1.807, 2.05) is 0 Å². The van der Waals surface area contributed by atoms with E-state index < -0.39 is 5.97 Å². The molecule has 2 amide bonds. The summed E-state index contributed by atoms with van der Waals surface area (Å²) in [6.07, 6.45) is 0.819. The van der Waals surface area contributed by atoms with E-state index in [9.17, 15) is 14.4 Å². The first-order chi connectivity index (χ1) is 8.58. The lowest BCUT2D eigenvalue weighted by molar-refractivity contribution is -0.126. The van der Waals surface area contributed by atoms with E-state index in [4.69, 9.17) is 5.11 Å². The first kappa shape index (κ1) is 12.6. The summed E-state index contributed by atoms with van der Waals surface area (Å²) in [4.78, 5) is 33.8. The van der Waals surface area contributed by atoms with Crippen molar-refractivity contribution in [2.45, 2.75) is 12.8 Å². The van der Waals surface area contributed by atoms with Crippen LogP contribution in [0.3, 0.4) is 0 Å². The lowest BCUT2D eigenvalue weighted by Gasteiger charge is -2.21. The largest absolute Gasteiger partial charge is 0.478 e. The fourth-order valence-corrected chi connectivity index (χ4v) is 2.53. The molecule has 0 saturated carbocycles. The lowest BCUT2D eigenvalue weighted by atomic mass is 9.98. The van der Waals surface area contributed by atoms with E-state index in [2.05, 4.69) is 10.6 Å². The molecule has 1 unspecified atom stereocenters. The zero-order valence-corrected chi connectivity index (χ0v) is 10.3. The van der Waals surface area contributed by atoms with Crippen molar-refractivity contribution in [1.29, 1.82) is 0 Å². The Labute approximate surface area is 107 Å². The van der Waals surface area contributed by atoms with Gasteiger partial charge < -0.3 is 15.7 Å². The van der Waals surface area contributed by atoms with E-state index in [1.54, 1.807) is 5.38 Å². The molecule has 2 rings (SSSR count). The van der Waals surface area contributed by atoms with Crippen LogP contribution >= 0.6 is 11.3 Å². The van der Waals surface area contributed by atoms with Gasteiger partial charge >= 0.3 is 5.97 Å². The van der Waals surface area contributed by atoms with Crippen LogP contribution in [0, 0.1) is 5.92 Å². The third-order valence-electron chi connectivity index (χ3n) is 2.77. The van der Waals surface area contributed by atoms with Crippen LogP contribution in [0.1, 0.15) is 23.2 Å². The van der Waals surface area contributed by atoms with Gasteiger partial charge in [0, 0.05) is 13.0 Å². The maximum absolute atomic E-state index is 11.9. The summed E-state index contributed by atoms with van der Waals surface area (Å²) in [5.41, 5.74) is 0.0909. The number of amides is 2. The minimum absolute atomic E-state index is 0.0543. The molecule has 3 N–H and O–H groups in total. The summed E-state index contributed by atoms with van der Waals surface area (Å²) in [7, 11) is 0. The molecule has 1 aliphatic rings. The number of rotatable bonds is 3. The summed E-state index contributed by atoms with van der Waals surface area (Å²) < 4.78 is 0. The van der Waals surface area contributed by atoms with Gasteiger partial charge in [-0.05, 0) is 17.9 Å². The van der Waals surface area contributed by atoms with Crippen LogP contribution in [0.15, 0.2) is 11.4 Å². The smallest absolute Gasteiger partial charge is 0.338 e. The third-order valence-corrected chi connectivity index (χ3v) is 3.60. The third kappa shape index (κ3) is 2.67. The van der Waals surface area contributed by atoms with Crippen LogP contribution in [-0.2, 0) is 9.59 Å². The summed E-state index contributed by atoms with van der Waals surface area (Å²) in [5, 5.41) is 16.1. The quantitative estimate of drug-likeness (QED) is 0.759. The van der Waals surface area contributed by atoms with Crippen molar-refractivity contribution in [3.05, 3.63) is 17.0 Å². The molecule has 2 heterocycles. The van der Waals surface area contributed by atoms with E-state index in [0.29, 0.717) is 24.4 Å². The molecule has 0 aromatic carbocycles. The molecule has 18 heavy (non-hydrogen) atoms. The molecule has 1 aliphatic heterocycles. The predicted molar refractivity (Wildman–Crippen MR) is 65.6 cm³/mol. The molecule has 1 atom stereocenters.